The summed E-state index contributed by atoms with van der Waals surface area (Å²) < 4.78 is 12.7. The first-order valence-electron chi connectivity index (χ1n) is 13.2. The van der Waals surface area contributed by atoms with Crippen LogP contribution < -0.4 is 0 Å². The largest absolute Gasteiger partial charge is 0.504 e. The predicted octanol–water partition coefficient (Wildman–Crippen LogP) is 5.13. The minimum Gasteiger partial charge on any atom is -0.504 e. The molecule has 3 aliphatic heterocycles. The molecule has 194 valence electrons. The van der Waals surface area contributed by atoms with Gasteiger partial charge in [-0.1, -0.05) is 46.3 Å². The molecule has 0 aromatic heterocycles. The fourth-order valence-electron chi connectivity index (χ4n) is 6.51. The molecule has 0 amide bonds. The fraction of sp³-hybridized carbons (Fsp3) is 0.690. The van der Waals surface area contributed by atoms with E-state index in [0.717, 1.165) is 25.7 Å². The van der Waals surface area contributed by atoms with Crippen LogP contribution in [0.2, 0.25) is 0 Å². The van der Waals surface area contributed by atoms with Gasteiger partial charge in [0.25, 0.3) is 0 Å². The summed E-state index contributed by atoms with van der Waals surface area (Å²) in [7, 11) is 0. The van der Waals surface area contributed by atoms with Crippen LogP contribution in [0.25, 0.3) is 0 Å². The number of aliphatic hydroxyl groups excluding tert-OH is 2. The van der Waals surface area contributed by atoms with Crippen LogP contribution in [0.4, 0.5) is 0 Å². The van der Waals surface area contributed by atoms with Gasteiger partial charge in [0.2, 0.25) is 11.6 Å². The first-order valence-corrected chi connectivity index (χ1v) is 13.2. The number of Topliss-reactive ketones (excluding diaryl/α,β-unsaturated/α-hetero) is 1. The average Bonchev–Trinajstić information content (AvgIpc) is 3.14. The average molecular weight is 493 g/mol. The van der Waals surface area contributed by atoms with Gasteiger partial charge >= 0.3 is 0 Å². The Hall–Kier alpha value is -1.89. The summed E-state index contributed by atoms with van der Waals surface area (Å²) in [6.45, 7) is 14.0. The van der Waals surface area contributed by atoms with Crippen molar-refractivity contribution in [3.05, 3.63) is 46.0 Å². The van der Waals surface area contributed by atoms with Gasteiger partial charge in [-0.2, -0.15) is 0 Å². The number of hydrogen-bond acceptors (Lipinski definition) is 6. The minimum absolute atomic E-state index is 0.0815. The Bertz CT molecular complexity index is 1000. The van der Waals surface area contributed by atoms with Crippen molar-refractivity contribution in [3.63, 3.8) is 0 Å². The normalized spacial score (nSPS) is 44.5. The second-order valence-corrected chi connectivity index (χ2v) is 11.8. The van der Waals surface area contributed by atoms with Crippen LogP contribution in [0.15, 0.2) is 46.0 Å². The first kappa shape index (κ1) is 26.2. The van der Waals surface area contributed by atoms with Crippen LogP contribution in [-0.2, 0) is 14.3 Å². The van der Waals surface area contributed by atoms with Crippen molar-refractivity contribution in [2.75, 3.05) is 0 Å². The van der Waals surface area contributed by atoms with Gasteiger partial charge in [-0.3, -0.25) is 4.79 Å². The van der Waals surface area contributed by atoms with Gasteiger partial charge in [0, 0.05) is 34.5 Å². The van der Waals surface area contributed by atoms with Crippen LogP contribution >= 0.6 is 0 Å². The number of aliphatic hydroxyl groups is 3. The van der Waals surface area contributed by atoms with E-state index in [9.17, 15) is 20.1 Å². The lowest BCUT2D eigenvalue weighted by Gasteiger charge is -2.44. The van der Waals surface area contributed by atoms with E-state index in [1.807, 2.05) is 20.8 Å². The van der Waals surface area contributed by atoms with Crippen molar-refractivity contribution >= 4 is 5.78 Å². The zero-order chi connectivity index (χ0) is 25.8. The summed E-state index contributed by atoms with van der Waals surface area (Å²) in [6.07, 6.45) is 5.76. The van der Waals surface area contributed by atoms with Gasteiger partial charge in [-0.15, -0.1) is 0 Å². The minimum atomic E-state index is -1.60. The molecular weight excluding hydrogens is 450 g/mol. The standard InChI is InChI=1S/C29H42O6/c1-14-8-9-22-18(5)24(30)19(6)28(34-22)23-21-13-29(33,17(4)12-16(3)11-15(2)10-14)35-27(21)20(7)25(31)26(23)32/h10,13-14,16-19,22,24,28,30,32-33H,8-9,11-12H2,1-7H3/b15-10+/t14-,16+,17-,18-,19+,22+,24-,28+,29+/m0/s1/i10+1,11+1,12+1,22+1,24+1,29+1. The maximum absolute atomic E-state index is 13.0. The highest BCUT2D eigenvalue weighted by atomic mass is 16.7. The van der Waals surface area contributed by atoms with Gasteiger partial charge in [0.1, 0.15) is 5.76 Å². The fourth-order valence-corrected chi connectivity index (χ4v) is 6.51. The quantitative estimate of drug-likeness (QED) is 0.321. The topological polar surface area (TPSA) is 96.2 Å². The lowest BCUT2D eigenvalue weighted by Crippen LogP contribution is -2.50. The molecule has 6 heteroatoms. The van der Waals surface area contributed by atoms with E-state index in [-0.39, 0.29) is 35.2 Å². The smallest absolute Gasteiger partial charge is 0.231 e. The highest BCUT2D eigenvalue weighted by molar-refractivity contribution is 6.10. The van der Waals surface area contributed by atoms with Crippen LogP contribution in [0.3, 0.4) is 0 Å². The van der Waals surface area contributed by atoms with E-state index < -0.39 is 23.8 Å². The number of ether oxygens (including phenoxy) is 2. The number of rotatable bonds is 0. The van der Waals surface area contributed by atoms with Crippen molar-refractivity contribution in [2.45, 2.75) is 98.2 Å². The van der Waals surface area contributed by atoms with Crippen molar-refractivity contribution in [1.82, 2.24) is 0 Å². The number of hydrogen-bond donors (Lipinski definition) is 3. The number of ketones is 1. The molecule has 1 saturated heterocycles. The summed E-state index contributed by atoms with van der Waals surface area (Å²) in [5.41, 5.74) is 2.44. The molecule has 0 aromatic carbocycles. The van der Waals surface area contributed by atoms with Crippen LogP contribution in [0.1, 0.15) is 74.1 Å². The van der Waals surface area contributed by atoms with Crippen LogP contribution in [0, 0.1) is 29.6 Å². The zero-order valence-electron chi connectivity index (χ0n) is 22.2. The molecule has 4 bridgehead atoms. The monoisotopic (exact) mass is 492 g/mol. The molecular formula is C29H42O6. The van der Waals surface area contributed by atoms with Crippen molar-refractivity contribution < 1.29 is 29.6 Å². The van der Waals surface area contributed by atoms with Crippen LogP contribution in [0.5, 0.6) is 0 Å². The van der Waals surface area contributed by atoms with Crippen molar-refractivity contribution in [2.24, 2.45) is 29.6 Å². The van der Waals surface area contributed by atoms with Crippen molar-refractivity contribution in [1.29, 1.82) is 0 Å². The highest BCUT2D eigenvalue weighted by Crippen LogP contribution is 2.49. The Balaban J connectivity index is 1.83. The first-order chi connectivity index (χ1) is 16.3. The Labute approximate surface area is 209 Å². The van der Waals surface area contributed by atoms with E-state index in [2.05, 4.69) is 26.8 Å². The van der Waals surface area contributed by atoms with Gasteiger partial charge in [0.15, 0.2) is 5.76 Å². The summed E-state index contributed by atoms with van der Waals surface area (Å²) in [5, 5.41) is 33.8. The maximum atomic E-state index is 13.0. The number of fused-ring (bicyclic) bond motifs is 4. The summed E-state index contributed by atoms with van der Waals surface area (Å²) >= 11 is 0. The molecule has 0 saturated carbocycles. The molecule has 0 unspecified atom stereocenters. The molecule has 1 fully saturated rings. The van der Waals surface area contributed by atoms with Gasteiger partial charge in [0.05, 0.1) is 18.3 Å². The number of allylic oxidation sites excluding steroid dienone is 4. The third-order valence-corrected chi connectivity index (χ3v) is 8.66. The van der Waals surface area contributed by atoms with Gasteiger partial charge in [-0.05, 0) is 57.4 Å². The Morgan fingerprint density at radius 1 is 1.06 bits per heavy atom. The van der Waals surface area contributed by atoms with E-state index in [4.69, 9.17) is 9.47 Å². The Kier molecular flexibility index (Phi) is 7.13. The maximum Gasteiger partial charge on any atom is 0.231 e. The lowest BCUT2D eigenvalue weighted by molar-refractivity contribution is -0.164. The molecule has 4 rings (SSSR count). The molecule has 0 spiro atoms. The molecule has 1 aliphatic carbocycles. The molecule has 35 heavy (non-hydrogen) atoms. The summed E-state index contributed by atoms with van der Waals surface area (Å²) in [6, 6.07) is 0. The summed E-state index contributed by atoms with van der Waals surface area (Å²) in [4.78, 5) is 13.0. The molecule has 9 atom stereocenters. The predicted molar refractivity (Wildman–Crippen MR) is 134 cm³/mol. The molecule has 3 heterocycles. The van der Waals surface area contributed by atoms with Gasteiger partial charge < -0.3 is 24.8 Å². The third kappa shape index (κ3) is 4.65. The molecule has 6 nitrogen and oxygen atoms in total. The highest BCUT2D eigenvalue weighted by Gasteiger charge is 2.51. The second kappa shape index (κ2) is 9.53. The van der Waals surface area contributed by atoms with E-state index in [1.165, 1.54) is 5.57 Å². The zero-order valence-corrected chi connectivity index (χ0v) is 22.2. The van der Waals surface area contributed by atoms with E-state index >= 15 is 0 Å². The SMILES string of the molecule is CC1=C2O[13C@]3(O)C=C2C(=C(O)C1=O)[C@@H]1O[13C@H](CC[C@H](C)/[13CH]=C(\C)[13CH2][C@@H](C)[13CH2][C@@H]3C)[C@H](C)[13C@H](O)[C@H]1C. The van der Waals surface area contributed by atoms with E-state index in [1.54, 1.807) is 13.0 Å². The second-order valence-electron chi connectivity index (χ2n) is 11.8. The number of carbonyl (C=O) groups excluding carboxylic acids is 1. The molecule has 4 aliphatic rings. The molecule has 3 N–H and O–H groups in total. The Morgan fingerprint density at radius 2 is 1.74 bits per heavy atom. The van der Waals surface area contributed by atoms with Gasteiger partial charge in [-0.25, -0.2) is 0 Å². The Morgan fingerprint density at radius 3 is 2.43 bits per heavy atom. The number of carbonyl (C=O) groups is 1. The van der Waals surface area contributed by atoms with Crippen LogP contribution in [-0.4, -0.2) is 45.2 Å². The molecule has 0 aromatic rings. The molecule has 0 radical (unpaired) electrons. The third-order valence-electron chi connectivity index (χ3n) is 8.66. The lowest BCUT2D eigenvalue weighted by atomic mass is 9.84. The summed E-state index contributed by atoms with van der Waals surface area (Å²) in [5.74, 6) is -2.16. The van der Waals surface area contributed by atoms with Crippen molar-refractivity contribution in [3.8, 4) is 0 Å². The van der Waals surface area contributed by atoms with E-state index in [0.29, 0.717) is 28.7 Å².